The van der Waals surface area contributed by atoms with Gasteiger partial charge < -0.3 is 9.84 Å². The molecule has 1 aromatic carbocycles. The first kappa shape index (κ1) is 14.1. The second-order valence-corrected chi connectivity index (χ2v) is 5.03. The molecule has 0 unspecified atom stereocenters. The van der Waals surface area contributed by atoms with Crippen molar-refractivity contribution in [2.24, 2.45) is 0 Å². The Bertz CT molecular complexity index is 754. The van der Waals surface area contributed by atoms with E-state index in [0.29, 0.717) is 5.76 Å². The van der Waals surface area contributed by atoms with E-state index in [2.05, 4.69) is 15.6 Å². The first-order valence-corrected chi connectivity index (χ1v) is 6.95. The van der Waals surface area contributed by atoms with Gasteiger partial charge >= 0.3 is 0 Å². The SMILES string of the molecule is Cc1noc(C)c1CC(=O)Nc1ccc(-n2cccn2)cc1. The second-order valence-electron chi connectivity index (χ2n) is 5.03. The zero-order valence-electron chi connectivity index (χ0n) is 12.4. The van der Waals surface area contributed by atoms with Gasteiger partial charge in [0.05, 0.1) is 17.8 Å². The number of benzene rings is 1. The van der Waals surface area contributed by atoms with Crippen LogP contribution in [0.5, 0.6) is 0 Å². The van der Waals surface area contributed by atoms with Crippen LogP contribution in [-0.2, 0) is 11.2 Å². The second kappa shape index (κ2) is 5.85. The molecule has 6 nitrogen and oxygen atoms in total. The average Bonchev–Trinajstić information content (AvgIpc) is 3.14. The minimum atomic E-state index is -0.0961. The van der Waals surface area contributed by atoms with E-state index < -0.39 is 0 Å². The standard InChI is InChI=1S/C16H16N4O2/c1-11-15(12(2)22-19-11)10-16(21)18-13-4-6-14(7-5-13)20-9-3-8-17-20/h3-9H,10H2,1-2H3,(H,18,21). The highest BCUT2D eigenvalue weighted by molar-refractivity contribution is 5.92. The lowest BCUT2D eigenvalue weighted by Gasteiger charge is -2.06. The van der Waals surface area contributed by atoms with Crippen LogP contribution < -0.4 is 5.32 Å². The van der Waals surface area contributed by atoms with Gasteiger partial charge in [-0.15, -0.1) is 0 Å². The summed E-state index contributed by atoms with van der Waals surface area (Å²) in [4.78, 5) is 12.1. The summed E-state index contributed by atoms with van der Waals surface area (Å²) in [5.41, 5.74) is 3.27. The number of aromatic nitrogens is 3. The number of hydrogen-bond donors (Lipinski definition) is 1. The lowest BCUT2D eigenvalue weighted by Crippen LogP contribution is -2.15. The fourth-order valence-corrected chi connectivity index (χ4v) is 2.24. The Labute approximate surface area is 127 Å². The van der Waals surface area contributed by atoms with Crippen molar-refractivity contribution in [3.8, 4) is 5.69 Å². The normalized spacial score (nSPS) is 10.6. The van der Waals surface area contributed by atoms with Crippen molar-refractivity contribution in [2.45, 2.75) is 20.3 Å². The molecule has 0 fully saturated rings. The molecule has 0 aliphatic rings. The highest BCUT2D eigenvalue weighted by atomic mass is 16.5. The Morgan fingerprint density at radius 1 is 1.27 bits per heavy atom. The number of hydrogen-bond acceptors (Lipinski definition) is 4. The van der Waals surface area contributed by atoms with Crippen molar-refractivity contribution in [3.05, 3.63) is 59.7 Å². The maximum atomic E-state index is 12.1. The molecule has 0 spiro atoms. The molecule has 22 heavy (non-hydrogen) atoms. The van der Waals surface area contributed by atoms with Crippen LogP contribution in [-0.4, -0.2) is 20.8 Å². The van der Waals surface area contributed by atoms with E-state index in [1.807, 2.05) is 50.4 Å². The predicted molar refractivity (Wildman–Crippen MR) is 81.9 cm³/mol. The van der Waals surface area contributed by atoms with Crippen LogP contribution in [0.2, 0.25) is 0 Å². The molecule has 0 bridgehead atoms. The summed E-state index contributed by atoms with van der Waals surface area (Å²) in [7, 11) is 0. The van der Waals surface area contributed by atoms with Gasteiger partial charge in [0.1, 0.15) is 5.76 Å². The number of carbonyl (C=O) groups excluding carboxylic acids is 1. The molecular weight excluding hydrogens is 280 g/mol. The largest absolute Gasteiger partial charge is 0.361 e. The molecule has 1 amide bonds. The number of nitrogens with one attached hydrogen (secondary N) is 1. The lowest BCUT2D eigenvalue weighted by molar-refractivity contribution is -0.115. The van der Waals surface area contributed by atoms with Gasteiger partial charge in [-0.05, 0) is 44.2 Å². The number of nitrogens with zero attached hydrogens (tertiary/aromatic N) is 3. The van der Waals surface area contributed by atoms with Crippen molar-refractivity contribution in [2.75, 3.05) is 5.32 Å². The third-order valence-electron chi connectivity index (χ3n) is 3.44. The molecule has 2 heterocycles. The molecule has 112 valence electrons. The number of anilines is 1. The molecule has 0 atom stereocenters. The first-order chi connectivity index (χ1) is 10.6. The minimum Gasteiger partial charge on any atom is -0.361 e. The highest BCUT2D eigenvalue weighted by Gasteiger charge is 2.13. The molecule has 3 rings (SSSR count). The van der Waals surface area contributed by atoms with Gasteiger partial charge in [0.15, 0.2) is 0 Å². The molecule has 0 saturated heterocycles. The Kier molecular flexibility index (Phi) is 3.74. The molecule has 6 heteroatoms. The summed E-state index contributed by atoms with van der Waals surface area (Å²) in [6.45, 7) is 3.64. The van der Waals surface area contributed by atoms with E-state index in [4.69, 9.17) is 4.52 Å². The summed E-state index contributed by atoms with van der Waals surface area (Å²) in [5, 5.41) is 10.9. The zero-order chi connectivity index (χ0) is 15.5. The third kappa shape index (κ3) is 2.90. The summed E-state index contributed by atoms with van der Waals surface area (Å²) >= 11 is 0. The van der Waals surface area contributed by atoms with Gasteiger partial charge in [-0.2, -0.15) is 5.10 Å². The molecule has 3 aromatic rings. The van der Waals surface area contributed by atoms with E-state index >= 15 is 0 Å². The molecule has 0 radical (unpaired) electrons. The van der Waals surface area contributed by atoms with Gasteiger partial charge in [0, 0.05) is 23.6 Å². The minimum absolute atomic E-state index is 0.0961. The van der Waals surface area contributed by atoms with E-state index in [1.165, 1.54) is 0 Å². The zero-order valence-corrected chi connectivity index (χ0v) is 12.4. The summed E-state index contributed by atoms with van der Waals surface area (Å²) in [5.74, 6) is 0.586. The van der Waals surface area contributed by atoms with E-state index in [-0.39, 0.29) is 12.3 Å². The Morgan fingerprint density at radius 2 is 2.05 bits per heavy atom. The lowest BCUT2D eigenvalue weighted by atomic mass is 10.1. The molecular formula is C16H16N4O2. The average molecular weight is 296 g/mol. The van der Waals surface area contributed by atoms with Crippen molar-refractivity contribution < 1.29 is 9.32 Å². The van der Waals surface area contributed by atoms with Gasteiger partial charge in [-0.25, -0.2) is 4.68 Å². The van der Waals surface area contributed by atoms with Gasteiger partial charge in [0.25, 0.3) is 0 Å². The van der Waals surface area contributed by atoms with Crippen molar-refractivity contribution in [1.82, 2.24) is 14.9 Å². The number of carbonyl (C=O) groups is 1. The topological polar surface area (TPSA) is 73.0 Å². The summed E-state index contributed by atoms with van der Waals surface area (Å²) in [6.07, 6.45) is 3.84. The van der Waals surface area contributed by atoms with Gasteiger partial charge in [-0.1, -0.05) is 5.16 Å². The molecule has 0 aliphatic carbocycles. The fourth-order valence-electron chi connectivity index (χ4n) is 2.24. The Morgan fingerprint density at radius 3 is 2.64 bits per heavy atom. The highest BCUT2D eigenvalue weighted by Crippen LogP contribution is 2.16. The molecule has 2 aromatic heterocycles. The number of amides is 1. The molecule has 0 saturated carbocycles. The summed E-state index contributed by atoms with van der Waals surface area (Å²) < 4.78 is 6.82. The van der Waals surface area contributed by atoms with Crippen LogP contribution in [0.3, 0.4) is 0 Å². The van der Waals surface area contributed by atoms with Crippen LogP contribution in [0.4, 0.5) is 5.69 Å². The van der Waals surface area contributed by atoms with Gasteiger partial charge in [0.2, 0.25) is 5.91 Å². The van der Waals surface area contributed by atoms with Crippen LogP contribution >= 0.6 is 0 Å². The van der Waals surface area contributed by atoms with Crippen LogP contribution in [0.1, 0.15) is 17.0 Å². The monoisotopic (exact) mass is 296 g/mol. The van der Waals surface area contributed by atoms with Crippen molar-refractivity contribution in [1.29, 1.82) is 0 Å². The number of aryl methyl sites for hydroxylation is 2. The van der Waals surface area contributed by atoms with Crippen LogP contribution in [0, 0.1) is 13.8 Å². The number of rotatable bonds is 4. The van der Waals surface area contributed by atoms with Crippen molar-refractivity contribution in [3.63, 3.8) is 0 Å². The van der Waals surface area contributed by atoms with Gasteiger partial charge in [-0.3, -0.25) is 4.79 Å². The maximum Gasteiger partial charge on any atom is 0.228 e. The van der Waals surface area contributed by atoms with Crippen LogP contribution in [0.15, 0.2) is 47.2 Å². The first-order valence-electron chi connectivity index (χ1n) is 6.95. The smallest absolute Gasteiger partial charge is 0.228 e. The Hall–Kier alpha value is -2.89. The molecule has 1 N–H and O–H groups in total. The summed E-state index contributed by atoms with van der Waals surface area (Å²) in [6, 6.07) is 9.36. The third-order valence-corrected chi connectivity index (χ3v) is 3.44. The maximum absolute atomic E-state index is 12.1. The predicted octanol–water partition coefficient (Wildman–Crippen LogP) is 2.66. The van der Waals surface area contributed by atoms with Crippen LogP contribution in [0.25, 0.3) is 5.69 Å². The Balaban J connectivity index is 1.67. The van der Waals surface area contributed by atoms with E-state index in [9.17, 15) is 4.79 Å². The quantitative estimate of drug-likeness (QED) is 0.803. The van der Waals surface area contributed by atoms with Crippen molar-refractivity contribution >= 4 is 11.6 Å². The fraction of sp³-hybridized carbons (Fsp3) is 0.188. The van der Waals surface area contributed by atoms with E-state index in [1.54, 1.807) is 10.9 Å². The molecule has 0 aliphatic heterocycles. The van der Waals surface area contributed by atoms with E-state index in [0.717, 1.165) is 22.6 Å².